The third kappa shape index (κ3) is 2.96. The first-order valence-electron chi connectivity index (χ1n) is 7.79. The van der Waals surface area contributed by atoms with Crippen LogP contribution in [0.1, 0.15) is 71.6 Å². The first-order chi connectivity index (χ1) is 8.87. The van der Waals surface area contributed by atoms with Gasteiger partial charge in [-0.25, -0.2) is 0 Å². The Kier molecular flexibility index (Phi) is 4.24. The van der Waals surface area contributed by atoms with Crippen LogP contribution in [0.15, 0.2) is 0 Å². The lowest BCUT2D eigenvalue weighted by atomic mass is 9.58. The van der Waals surface area contributed by atoms with E-state index < -0.39 is 17.5 Å². The molecule has 2 aliphatic carbocycles. The van der Waals surface area contributed by atoms with E-state index in [-0.39, 0.29) is 11.3 Å². The van der Waals surface area contributed by atoms with E-state index in [1.807, 2.05) is 0 Å². The Morgan fingerprint density at radius 3 is 2.16 bits per heavy atom. The summed E-state index contributed by atoms with van der Waals surface area (Å²) in [4.78, 5) is 11.9. The molecule has 0 bridgehead atoms. The standard InChI is InChI=1S/C16H28O3/c1-15(2)8-10-16(11-9-15,14(18)19)12-6-4-3-5-7-13(12)17/h12-13,17H,3-11H2,1-2H3,(H,18,19). The zero-order chi connectivity index (χ0) is 14.1. The molecule has 2 unspecified atom stereocenters. The number of hydrogen-bond acceptors (Lipinski definition) is 2. The molecule has 0 aliphatic heterocycles. The van der Waals surface area contributed by atoms with Gasteiger partial charge in [-0.05, 0) is 43.9 Å². The van der Waals surface area contributed by atoms with E-state index in [0.29, 0.717) is 0 Å². The second-order valence-corrected chi connectivity index (χ2v) is 7.44. The molecule has 2 fully saturated rings. The molecule has 2 aliphatic rings. The minimum Gasteiger partial charge on any atom is -0.481 e. The van der Waals surface area contributed by atoms with Crippen LogP contribution in [0.3, 0.4) is 0 Å². The van der Waals surface area contributed by atoms with Crippen molar-refractivity contribution < 1.29 is 15.0 Å². The van der Waals surface area contributed by atoms with E-state index in [4.69, 9.17) is 0 Å². The van der Waals surface area contributed by atoms with Crippen LogP contribution in [-0.2, 0) is 4.79 Å². The van der Waals surface area contributed by atoms with Crippen LogP contribution in [0, 0.1) is 16.7 Å². The van der Waals surface area contributed by atoms with E-state index in [2.05, 4.69) is 13.8 Å². The number of carboxylic acids is 1. The summed E-state index contributed by atoms with van der Waals surface area (Å²) in [7, 11) is 0. The molecule has 0 spiro atoms. The second kappa shape index (κ2) is 5.43. The number of aliphatic carboxylic acids is 1. The topological polar surface area (TPSA) is 57.5 Å². The molecular formula is C16H28O3. The van der Waals surface area contributed by atoms with Gasteiger partial charge in [0.2, 0.25) is 0 Å². The highest BCUT2D eigenvalue weighted by Crippen LogP contribution is 2.52. The third-order valence-electron chi connectivity index (χ3n) is 5.61. The monoisotopic (exact) mass is 268 g/mol. The van der Waals surface area contributed by atoms with Crippen LogP contribution in [-0.4, -0.2) is 22.3 Å². The van der Waals surface area contributed by atoms with Crippen molar-refractivity contribution in [1.82, 2.24) is 0 Å². The van der Waals surface area contributed by atoms with Crippen molar-refractivity contribution >= 4 is 5.97 Å². The summed E-state index contributed by atoms with van der Waals surface area (Å²) in [5.41, 5.74) is -0.409. The zero-order valence-electron chi connectivity index (χ0n) is 12.3. The molecule has 2 saturated carbocycles. The van der Waals surface area contributed by atoms with Gasteiger partial charge >= 0.3 is 5.97 Å². The molecule has 0 aromatic heterocycles. The van der Waals surface area contributed by atoms with Gasteiger partial charge in [0.1, 0.15) is 0 Å². The molecule has 2 N–H and O–H groups in total. The fourth-order valence-corrected chi connectivity index (χ4v) is 4.05. The van der Waals surface area contributed by atoms with Crippen LogP contribution in [0.25, 0.3) is 0 Å². The predicted molar refractivity (Wildman–Crippen MR) is 74.9 cm³/mol. The Hall–Kier alpha value is -0.570. The first-order valence-corrected chi connectivity index (χ1v) is 7.79. The SMILES string of the molecule is CC1(C)CCC(C(=O)O)(C2CCCCCC2O)CC1. The third-order valence-corrected chi connectivity index (χ3v) is 5.61. The number of aliphatic hydroxyl groups is 1. The second-order valence-electron chi connectivity index (χ2n) is 7.44. The summed E-state index contributed by atoms with van der Waals surface area (Å²) in [6.45, 7) is 4.45. The Morgan fingerprint density at radius 1 is 1.00 bits per heavy atom. The zero-order valence-corrected chi connectivity index (χ0v) is 12.3. The number of aliphatic hydroxyl groups excluding tert-OH is 1. The van der Waals surface area contributed by atoms with E-state index in [9.17, 15) is 15.0 Å². The van der Waals surface area contributed by atoms with Crippen LogP contribution in [0.4, 0.5) is 0 Å². The van der Waals surface area contributed by atoms with Crippen molar-refractivity contribution in [3.63, 3.8) is 0 Å². The number of carbonyl (C=O) groups is 1. The summed E-state index contributed by atoms with van der Waals surface area (Å²) in [6.07, 6.45) is 7.88. The van der Waals surface area contributed by atoms with E-state index in [1.54, 1.807) is 0 Å². The van der Waals surface area contributed by atoms with E-state index in [1.165, 1.54) is 0 Å². The number of carboxylic acid groups (broad SMARTS) is 1. The Balaban J connectivity index is 2.21. The lowest BCUT2D eigenvalue weighted by molar-refractivity contribution is -0.162. The lowest BCUT2D eigenvalue weighted by Crippen LogP contribution is -2.47. The molecule has 0 aromatic carbocycles. The number of rotatable bonds is 2. The average Bonchev–Trinajstić information content (AvgIpc) is 2.55. The van der Waals surface area contributed by atoms with Crippen molar-refractivity contribution in [3.8, 4) is 0 Å². The number of hydrogen-bond donors (Lipinski definition) is 2. The van der Waals surface area contributed by atoms with Crippen molar-refractivity contribution in [2.45, 2.75) is 77.7 Å². The van der Waals surface area contributed by atoms with Gasteiger partial charge in [-0.3, -0.25) is 4.79 Å². The van der Waals surface area contributed by atoms with Crippen LogP contribution < -0.4 is 0 Å². The van der Waals surface area contributed by atoms with Gasteiger partial charge in [0, 0.05) is 5.92 Å². The van der Waals surface area contributed by atoms with Crippen molar-refractivity contribution in [3.05, 3.63) is 0 Å². The predicted octanol–water partition coefficient (Wildman–Crippen LogP) is 3.60. The average molecular weight is 268 g/mol. The largest absolute Gasteiger partial charge is 0.481 e. The molecule has 19 heavy (non-hydrogen) atoms. The minimum absolute atomic E-state index is 0.0383. The fraction of sp³-hybridized carbons (Fsp3) is 0.938. The molecule has 110 valence electrons. The normalized spacial score (nSPS) is 34.5. The van der Waals surface area contributed by atoms with Crippen LogP contribution in [0.2, 0.25) is 0 Å². The van der Waals surface area contributed by atoms with Crippen molar-refractivity contribution in [1.29, 1.82) is 0 Å². The van der Waals surface area contributed by atoms with Gasteiger partial charge < -0.3 is 10.2 Å². The van der Waals surface area contributed by atoms with Gasteiger partial charge in [-0.2, -0.15) is 0 Å². The molecule has 0 saturated heterocycles. The Morgan fingerprint density at radius 2 is 1.58 bits per heavy atom. The Labute approximate surface area is 116 Å². The summed E-state index contributed by atoms with van der Waals surface area (Å²) in [5.74, 6) is -0.711. The van der Waals surface area contributed by atoms with Crippen LogP contribution >= 0.6 is 0 Å². The van der Waals surface area contributed by atoms with Crippen LogP contribution in [0.5, 0.6) is 0 Å². The smallest absolute Gasteiger partial charge is 0.310 e. The maximum atomic E-state index is 11.9. The molecular weight excluding hydrogens is 240 g/mol. The molecule has 0 heterocycles. The quantitative estimate of drug-likeness (QED) is 0.752. The fourth-order valence-electron chi connectivity index (χ4n) is 4.05. The van der Waals surface area contributed by atoms with Gasteiger partial charge in [0.25, 0.3) is 0 Å². The molecule has 2 atom stereocenters. The maximum absolute atomic E-state index is 11.9. The maximum Gasteiger partial charge on any atom is 0.310 e. The van der Waals surface area contributed by atoms with Gasteiger partial charge in [0.15, 0.2) is 0 Å². The molecule has 3 heteroatoms. The van der Waals surface area contributed by atoms with Gasteiger partial charge in [0.05, 0.1) is 11.5 Å². The highest BCUT2D eigenvalue weighted by atomic mass is 16.4. The highest BCUT2D eigenvalue weighted by molar-refractivity contribution is 5.75. The van der Waals surface area contributed by atoms with Gasteiger partial charge in [-0.15, -0.1) is 0 Å². The van der Waals surface area contributed by atoms with Gasteiger partial charge in [-0.1, -0.05) is 33.1 Å². The van der Waals surface area contributed by atoms with Crippen molar-refractivity contribution in [2.75, 3.05) is 0 Å². The van der Waals surface area contributed by atoms with E-state index in [0.717, 1.165) is 57.8 Å². The summed E-state index contributed by atoms with van der Waals surface area (Å²) in [5, 5.41) is 20.2. The van der Waals surface area contributed by atoms with Crippen molar-refractivity contribution in [2.24, 2.45) is 16.7 Å². The molecule has 2 rings (SSSR count). The molecule has 3 nitrogen and oxygen atoms in total. The minimum atomic E-state index is -0.672. The summed E-state index contributed by atoms with van der Waals surface area (Å²) in [6, 6.07) is 0. The molecule has 0 amide bonds. The summed E-state index contributed by atoms with van der Waals surface area (Å²) >= 11 is 0. The molecule has 0 radical (unpaired) electrons. The lowest BCUT2D eigenvalue weighted by Gasteiger charge is -2.46. The first kappa shape index (κ1) is 14.8. The molecule has 0 aromatic rings. The van der Waals surface area contributed by atoms with E-state index >= 15 is 0 Å². The Bertz CT molecular complexity index is 325. The summed E-state index contributed by atoms with van der Waals surface area (Å²) < 4.78 is 0. The highest BCUT2D eigenvalue weighted by Gasteiger charge is 2.51.